The molecule has 0 spiro atoms. The summed E-state index contributed by atoms with van der Waals surface area (Å²) in [6, 6.07) is 11.4. The molecule has 3 aliphatic heterocycles. The number of likely N-dealkylation sites (N-methyl/N-ethyl adjacent to an activating group) is 1. The highest BCUT2D eigenvalue weighted by Crippen LogP contribution is 2.46. The molecule has 2 fully saturated rings. The first-order valence-electron chi connectivity index (χ1n) is 11.6. The molecule has 32 heavy (non-hydrogen) atoms. The van der Waals surface area contributed by atoms with Crippen molar-refractivity contribution in [2.75, 3.05) is 43.0 Å². The number of nitro groups is 1. The minimum atomic E-state index is -0.347. The fourth-order valence-electron chi connectivity index (χ4n) is 5.69. The average molecular weight is 435 g/mol. The summed E-state index contributed by atoms with van der Waals surface area (Å²) >= 11 is 0. The predicted molar refractivity (Wildman–Crippen MR) is 126 cm³/mol. The summed E-state index contributed by atoms with van der Waals surface area (Å²) < 4.78 is 0. The number of nitrogens with zero attached hydrogens (tertiary/aromatic N) is 4. The molecule has 0 radical (unpaired) electrons. The highest BCUT2D eigenvalue weighted by Gasteiger charge is 2.44. The SMILES string of the molecule is Cc1ccc2c(c1)[C@H]1CN(C)CC[C@@H]1N2C(=O)c1ccc(N2CCCCC2)c([N+](=O)[O-])c1. The Morgan fingerprint density at radius 3 is 2.53 bits per heavy atom. The lowest BCUT2D eigenvalue weighted by Crippen LogP contribution is -2.47. The van der Waals surface area contributed by atoms with Crippen LogP contribution in [0.3, 0.4) is 0 Å². The van der Waals surface area contributed by atoms with Crippen molar-refractivity contribution in [2.45, 2.75) is 44.6 Å². The number of rotatable bonds is 3. The number of hydrogen-bond donors (Lipinski definition) is 0. The van der Waals surface area contributed by atoms with Crippen molar-refractivity contribution >= 4 is 23.0 Å². The zero-order valence-corrected chi connectivity index (χ0v) is 18.8. The molecule has 2 atom stereocenters. The molecule has 2 saturated heterocycles. The van der Waals surface area contributed by atoms with Gasteiger partial charge in [-0.1, -0.05) is 17.7 Å². The molecule has 0 bridgehead atoms. The van der Waals surface area contributed by atoms with Gasteiger partial charge in [-0.15, -0.1) is 0 Å². The van der Waals surface area contributed by atoms with E-state index in [-0.39, 0.29) is 28.5 Å². The second-order valence-corrected chi connectivity index (χ2v) is 9.47. The fourth-order valence-corrected chi connectivity index (χ4v) is 5.69. The lowest BCUT2D eigenvalue weighted by molar-refractivity contribution is -0.384. The Morgan fingerprint density at radius 2 is 1.78 bits per heavy atom. The lowest BCUT2D eigenvalue weighted by Gasteiger charge is -2.36. The summed E-state index contributed by atoms with van der Waals surface area (Å²) in [5.74, 6) is 0.135. The zero-order valence-electron chi connectivity index (χ0n) is 18.8. The van der Waals surface area contributed by atoms with Gasteiger partial charge in [0.15, 0.2) is 0 Å². The molecule has 2 aromatic carbocycles. The third kappa shape index (κ3) is 3.54. The number of nitro benzene ring substituents is 1. The molecule has 5 rings (SSSR count). The number of carbonyl (C=O) groups excluding carboxylic acids is 1. The van der Waals surface area contributed by atoms with Crippen LogP contribution in [-0.2, 0) is 0 Å². The normalized spacial score (nSPS) is 23.1. The van der Waals surface area contributed by atoms with Gasteiger partial charge in [-0.25, -0.2) is 0 Å². The maximum absolute atomic E-state index is 13.8. The summed E-state index contributed by atoms with van der Waals surface area (Å²) in [5, 5.41) is 11.9. The van der Waals surface area contributed by atoms with Crippen LogP contribution in [-0.4, -0.2) is 55.0 Å². The number of benzene rings is 2. The van der Waals surface area contributed by atoms with E-state index < -0.39 is 0 Å². The van der Waals surface area contributed by atoms with E-state index in [1.54, 1.807) is 12.1 Å². The largest absolute Gasteiger partial charge is 0.366 e. The molecule has 0 aliphatic carbocycles. The summed E-state index contributed by atoms with van der Waals surface area (Å²) in [7, 11) is 2.12. The Morgan fingerprint density at radius 1 is 1.03 bits per heavy atom. The van der Waals surface area contributed by atoms with Crippen molar-refractivity contribution in [1.29, 1.82) is 0 Å². The summed E-state index contributed by atoms with van der Waals surface area (Å²) in [6.45, 7) is 5.58. The Labute approximate surface area is 188 Å². The number of fused-ring (bicyclic) bond motifs is 3. The number of piperidine rings is 2. The number of carbonyl (C=O) groups is 1. The molecule has 0 unspecified atom stereocenters. The van der Waals surface area contributed by atoms with E-state index in [4.69, 9.17) is 0 Å². The summed E-state index contributed by atoms with van der Waals surface area (Å²) in [5.41, 5.74) is 4.40. The first kappa shape index (κ1) is 20.9. The number of aryl methyl sites for hydroxylation is 1. The van der Waals surface area contributed by atoms with Crippen LogP contribution >= 0.6 is 0 Å². The molecule has 168 valence electrons. The summed E-state index contributed by atoms with van der Waals surface area (Å²) in [6.07, 6.45) is 4.14. The first-order chi connectivity index (χ1) is 15.4. The fraction of sp³-hybridized carbons (Fsp3) is 0.480. The van der Waals surface area contributed by atoms with Crippen LogP contribution in [0.2, 0.25) is 0 Å². The molecule has 7 nitrogen and oxygen atoms in total. The van der Waals surface area contributed by atoms with Crippen molar-refractivity contribution in [3.63, 3.8) is 0 Å². The van der Waals surface area contributed by atoms with Crippen molar-refractivity contribution in [1.82, 2.24) is 4.90 Å². The van der Waals surface area contributed by atoms with Gasteiger partial charge in [0.2, 0.25) is 0 Å². The Kier molecular flexibility index (Phi) is 5.37. The van der Waals surface area contributed by atoms with Crippen LogP contribution < -0.4 is 9.80 Å². The maximum atomic E-state index is 13.8. The van der Waals surface area contributed by atoms with Crippen LogP contribution in [0.1, 0.15) is 53.1 Å². The Balaban J connectivity index is 1.52. The van der Waals surface area contributed by atoms with Gasteiger partial charge in [-0.2, -0.15) is 0 Å². The van der Waals surface area contributed by atoms with Gasteiger partial charge >= 0.3 is 0 Å². The molecule has 3 heterocycles. The quantitative estimate of drug-likeness (QED) is 0.531. The average Bonchev–Trinajstić information content (AvgIpc) is 3.11. The smallest absolute Gasteiger partial charge is 0.293 e. The number of likely N-dealkylation sites (tertiary alicyclic amines) is 1. The van der Waals surface area contributed by atoms with E-state index in [2.05, 4.69) is 29.8 Å². The highest BCUT2D eigenvalue weighted by molar-refractivity contribution is 6.09. The monoisotopic (exact) mass is 434 g/mol. The molecular formula is C25H30N4O3. The summed E-state index contributed by atoms with van der Waals surface area (Å²) in [4.78, 5) is 31.6. The Hall–Kier alpha value is -2.93. The van der Waals surface area contributed by atoms with Crippen LogP contribution in [0.25, 0.3) is 0 Å². The van der Waals surface area contributed by atoms with E-state index >= 15 is 0 Å². The van der Waals surface area contributed by atoms with E-state index in [0.717, 1.165) is 57.5 Å². The molecule has 3 aliphatic rings. The van der Waals surface area contributed by atoms with Gasteiger partial charge in [-0.05, 0) is 70.0 Å². The van der Waals surface area contributed by atoms with E-state index in [9.17, 15) is 14.9 Å². The molecule has 0 aromatic heterocycles. The number of hydrogen-bond acceptors (Lipinski definition) is 5. The van der Waals surface area contributed by atoms with Crippen molar-refractivity contribution < 1.29 is 9.72 Å². The van der Waals surface area contributed by atoms with Crippen molar-refractivity contribution in [3.05, 3.63) is 63.2 Å². The maximum Gasteiger partial charge on any atom is 0.293 e. The predicted octanol–water partition coefficient (Wildman–Crippen LogP) is 4.34. The molecule has 0 saturated carbocycles. The molecular weight excluding hydrogens is 404 g/mol. The molecule has 0 N–H and O–H groups in total. The topological polar surface area (TPSA) is 69.9 Å². The minimum absolute atomic E-state index is 0.0287. The molecule has 2 aromatic rings. The molecule has 7 heteroatoms. The number of anilines is 2. The first-order valence-corrected chi connectivity index (χ1v) is 11.6. The van der Waals surface area contributed by atoms with Crippen molar-refractivity contribution in [3.8, 4) is 0 Å². The van der Waals surface area contributed by atoms with Gasteiger partial charge in [0, 0.05) is 48.9 Å². The van der Waals surface area contributed by atoms with E-state index in [1.807, 2.05) is 17.0 Å². The number of amides is 1. The standard InChI is InChI=1S/C25H30N4O3/c1-17-6-8-21-19(14-17)20-16-26(2)13-10-22(20)28(21)25(30)18-7-9-23(24(15-18)29(31)32)27-11-4-3-5-12-27/h6-9,14-15,20,22H,3-5,10-13,16H2,1-2H3/t20-,22+/m1/s1. The van der Waals surface area contributed by atoms with Crippen LogP contribution in [0, 0.1) is 17.0 Å². The van der Waals surface area contributed by atoms with E-state index in [1.165, 1.54) is 17.2 Å². The molecule has 1 amide bonds. The lowest BCUT2D eigenvalue weighted by atomic mass is 9.88. The van der Waals surface area contributed by atoms with Crippen molar-refractivity contribution in [2.24, 2.45) is 0 Å². The van der Waals surface area contributed by atoms with Crippen LogP contribution in [0.4, 0.5) is 17.1 Å². The Bertz CT molecular complexity index is 1060. The second-order valence-electron chi connectivity index (χ2n) is 9.47. The van der Waals surface area contributed by atoms with Gasteiger partial charge in [0.25, 0.3) is 11.6 Å². The van der Waals surface area contributed by atoms with Crippen LogP contribution in [0.5, 0.6) is 0 Å². The highest BCUT2D eigenvalue weighted by atomic mass is 16.6. The third-order valence-electron chi connectivity index (χ3n) is 7.29. The van der Waals surface area contributed by atoms with Crippen LogP contribution in [0.15, 0.2) is 36.4 Å². The zero-order chi connectivity index (χ0) is 22.4. The van der Waals surface area contributed by atoms with E-state index in [0.29, 0.717) is 11.3 Å². The van der Waals surface area contributed by atoms with Gasteiger partial charge < -0.3 is 14.7 Å². The van der Waals surface area contributed by atoms with Gasteiger partial charge in [0.05, 0.1) is 4.92 Å². The minimum Gasteiger partial charge on any atom is -0.366 e. The van der Waals surface area contributed by atoms with Gasteiger partial charge in [0.1, 0.15) is 5.69 Å². The second kappa shape index (κ2) is 8.20. The van der Waals surface area contributed by atoms with Gasteiger partial charge in [-0.3, -0.25) is 14.9 Å². The third-order valence-corrected chi connectivity index (χ3v) is 7.29.